The van der Waals surface area contributed by atoms with Crippen LogP contribution in [-0.4, -0.2) is 7.11 Å². The van der Waals surface area contributed by atoms with Gasteiger partial charge in [0.15, 0.2) is 0 Å². The second-order valence-electron chi connectivity index (χ2n) is 3.95. The van der Waals surface area contributed by atoms with Crippen molar-refractivity contribution in [2.24, 2.45) is 0 Å². The van der Waals surface area contributed by atoms with Crippen LogP contribution < -0.4 is 4.74 Å². The number of methoxy groups -OCH3 is 1. The van der Waals surface area contributed by atoms with Gasteiger partial charge in [0.1, 0.15) is 5.75 Å². The zero-order chi connectivity index (χ0) is 13.5. The van der Waals surface area contributed by atoms with Crippen LogP contribution in [0.25, 0.3) is 11.1 Å². The molecule has 96 valence electrons. The summed E-state index contributed by atoms with van der Waals surface area (Å²) in [5.41, 5.74) is 5.01. The molecule has 0 radical (unpaired) electrons. The summed E-state index contributed by atoms with van der Waals surface area (Å²) in [5.74, 6) is 0.949. The number of hydrogen-bond donors (Lipinski definition) is 0. The Labute approximate surface area is 110 Å². The summed E-state index contributed by atoms with van der Waals surface area (Å²) in [6, 6.07) is 14.6. The largest absolute Gasteiger partial charge is 0.496 e. The Hall–Kier alpha value is -1.76. The van der Waals surface area contributed by atoms with Gasteiger partial charge in [0.2, 0.25) is 0 Å². The van der Waals surface area contributed by atoms with E-state index in [9.17, 15) is 0 Å². The van der Waals surface area contributed by atoms with Crippen molar-refractivity contribution in [3.05, 3.63) is 53.6 Å². The minimum atomic E-state index is 0.949. The Balaban J connectivity index is 0.000000771. The van der Waals surface area contributed by atoms with Gasteiger partial charge < -0.3 is 4.74 Å². The molecule has 18 heavy (non-hydrogen) atoms. The molecule has 1 heteroatoms. The fraction of sp³-hybridized carbons (Fsp3) is 0.294. The molecule has 0 fully saturated rings. The summed E-state index contributed by atoms with van der Waals surface area (Å²) in [6.45, 7) is 8.24. The third-order valence-corrected chi connectivity index (χ3v) is 2.91. The molecule has 0 aliphatic heterocycles. The van der Waals surface area contributed by atoms with Crippen LogP contribution in [0.5, 0.6) is 5.75 Å². The van der Waals surface area contributed by atoms with Gasteiger partial charge in [-0.25, -0.2) is 0 Å². The Bertz CT molecular complexity index is 486. The highest BCUT2D eigenvalue weighted by molar-refractivity contribution is 5.73. The number of aryl methyl sites for hydroxylation is 1. The van der Waals surface area contributed by atoms with Gasteiger partial charge in [-0.05, 0) is 42.2 Å². The van der Waals surface area contributed by atoms with Gasteiger partial charge in [-0.15, -0.1) is 0 Å². The highest BCUT2D eigenvalue weighted by atomic mass is 16.5. The molecule has 0 heterocycles. The van der Waals surface area contributed by atoms with E-state index in [1.165, 1.54) is 22.3 Å². The molecule has 1 nitrogen and oxygen atoms in total. The quantitative estimate of drug-likeness (QED) is 0.719. The van der Waals surface area contributed by atoms with E-state index in [0.29, 0.717) is 0 Å². The van der Waals surface area contributed by atoms with Crippen molar-refractivity contribution in [3.63, 3.8) is 0 Å². The summed E-state index contributed by atoms with van der Waals surface area (Å²) < 4.78 is 5.36. The smallest absolute Gasteiger partial charge is 0.122 e. The SMILES string of the molecule is CC.COc1ccc(C)c(-c2ccccc2)c1C. The first-order valence-electron chi connectivity index (χ1n) is 6.43. The Morgan fingerprint density at radius 3 is 2.00 bits per heavy atom. The highest BCUT2D eigenvalue weighted by Gasteiger charge is 2.09. The molecule has 0 spiro atoms. The van der Waals surface area contributed by atoms with E-state index in [2.05, 4.69) is 44.2 Å². The van der Waals surface area contributed by atoms with Crippen molar-refractivity contribution in [1.29, 1.82) is 0 Å². The molecule has 0 N–H and O–H groups in total. The van der Waals surface area contributed by atoms with Crippen LogP contribution >= 0.6 is 0 Å². The van der Waals surface area contributed by atoms with E-state index in [-0.39, 0.29) is 0 Å². The first-order chi connectivity index (χ1) is 8.74. The van der Waals surface area contributed by atoms with Crippen molar-refractivity contribution in [3.8, 4) is 16.9 Å². The van der Waals surface area contributed by atoms with Crippen LogP contribution in [0, 0.1) is 13.8 Å². The zero-order valence-electron chi connectivity index (χ0n) is 11.9. The van der Waals surface area contributed by atoms with Crippen molar-refractivity contribution in [1.82, 2.24) is 0 Å². The van der Waals surface area contributed by atoms with Crippen molar-refractivity contribution >= 4 is 0 Å². The van der Waals surface area contributed by atoms with Crippen LogP contribution in [0.2, 0.25) is 0 Å². The molecule has 2 aromatic carbocycles. The lowest BCUT2D eigenvalue weighted by atomic mass is 9.95. The molecule has 0 saturated heterocycles. The minimum Gasteiger partial charge on any atom is -0.496 e. The maximum atomic E-state index is 5.36. The van der Waals surface area contributed by atoms with E-state index in [4.69, 9.17) is 4.74 Å². The van der Waals surface area contributed by atoms with Crippen molar-refractivity contribution in [2.45, 2.75) is 27.7 Å². The minimum absolute atomic E-state index is 0.949. The van der Waals surface area contributed by atoms with Gasteiger partial charge in [0.05, 0.1) is 7.11 Å². The molecule has 0 bridgehead atoms. The fourth-order valence-electron chi connectivity index (χ4n) is 2.10. The van der Waals surface area contributed by atoms with Crippen molar-refractivity contribution < 1.29 is 4.74 Å². The maximum Gasteiger partial charge on any atom is 0.122 e. The summed E-state index contributed by atoms with van der Waals surface area (Å²) in [6.07, 6.45) is 0. The van der Waals surface area contributed by atoms with Gasteiger partial charge >= 0.3 is 0 Å². The maximum absolute atomic E-state index is 5.36. The van der Waals surface area contributed by atoms with Gasteiger partial charge in [0, 0.05) is 0 Å². The topological polar surface area (TPSA) is 9.23 Å². The third-order valence-electron chi connectivity index (χ3n) is 2.91. The molecule has 2 aromatic rings. The van der Waals surface area contributed by atoms with E-state index in [0.717, 1.165) is 5.75 Å². The van der Waals surface area contributed by atoms with E-state index < -0.39 is 0 Å². The summed E-state index contributed by atoms with van der Waals surface area (Å²) >= 11 is 0. The average Bonchev–Trinajstić information content (AvgIpc) is 2.42. The van der Waals surface area contributed by atoms with Crippen LogP contribution in [-0.2, 0) is 0 Å². The van der Waals surface area contributed by atoms with Gasteiger partial charge in [-0.3, -0.25) is 0 Å². The summed E-state index contributed by atoms with van der Waals surface area (Å²) in [4.78, 5) is 0. The van der Waals surface area contributed by atoms with Crippen LogP contribution in [0.4, 0.5) is 0 Å². The van der Waals surface area contributed by atoms with Crippen LogP contribution in [0.1, 0.15) is 25.0 Å². The number of rotatable bonds is 2. The number of benzene rings is 2. The van der Waals surface area contributed by atoms with Gasteiger partial charge in [-0.1, -0.05) is 50.2 Å². The predicted octanol–water partition coefficient (Wildman–Crippen LogP) is 5.01. The van der Waals surface area contributed by atoms with Crippen LogP contribution in [0.3, 0.4) is 0 Å². The zero-order valence-corrected chi connectivity index (χ0v) is 11.9. The summed E-state index contributed by atoms with van der Waals surface area (Å²) in [7, 11) is 1.71. The van der Waals surface area contributed by atoms with Gasteiger partial charge in [0.25, 0.3) is 0 Å². The first kappa shape index (κ1) is 14.3. The molecule has 0 aliphatic rings. The van der Waals surface area contributed by atoms with E-state index >= 15 is 0 Å². The Morgan fingerprint density at radius 1 is 0.833 bits per heavy atom. The highest BCUT2D eigenvalue weighted by Crippen LogP contribution is 2.32. The molecular weight excluding hydrogens is 220 g/mol. The molecular formula is C17H22O. The molecule has 0 aliphatic carbocycles. The van der Waals surface area contributed by atoms with Crippen LogP contribution in [0.15, 0.2) is 42.5 Å². The Kier molecular flexibility index (Phi) is 5.44. The van der Waals surface area contributed by atoms with E-state index in [1.807, 2.05) is 26.0 Å². The molecule has 0 unspecified atom stereocenters. The third kappa shape index (κ3) is 2.92. The monoisotopic (exact) mass is 242 g/mol. The lowest BCUT2D eigenvalue weighted by Gasteiger charge is -2.13. The second kappa shape index (κ2) is 6.85. The van der Waals surface area contributed by atoms with E-state index in [1.54, 1.807) is 7.11 Å². The standard InChI is InChI=1S/C15H16O.C2H6/c1-11-9-10-14(16-3)12(2)15(11)13-7-5-4-6-8-13;1-2/h4-10H,1-3H3;1-2H3. The Morgan fingerprint density at radius 2 is 1.44 bits per heavy atom. The lowest BCUT2D eigenvalue weighted by molar-refractivity contribution is 0.412. The predicted molar refractivity (Wildman–Crippen MR) is 79.3 cm³/mol. The molecule has 0 saturated carbocycles. The number of ether oxygens (including phenoxy) is 1. The lowest BCUT2D eigenvalue weighted by Crippen LogP contribution is -1.93. The molecule has 0 amide bonds. The van der Waals surface area contributed by atoms with Gasteiger partial charge in [-0.2, -0.15) is 0 Å². The second-order valence-corrected chi connectivity index (χ2v) is 3.95. The molecule has 0 aromatic heterocycles. The van der Waals surface area contributed by atoms with Crippen molar-refractivity contribution in [2.75, 3.05) is 7.11 Å². The average molecular weight is 242 g/mol. The molecule has 0 atom stereocenters. The number of hydrogen-bond acceptors (Lipinski definition) is 1. The molecule has 2 rings (SSSR count). The summed E-state index contributed by atoms with van der Waals surface area (Å²) in [5, 5.41) is 0. The fourth-order valence-corrected chi connectivity index (χ4v) is 2.10. The first-order valence-corrected chi connectivity index (χ1v) is 6.43. The normalized spacial score (nSPS) is 9.39.